The van der Waals surface area contributed by atoms with Crippen molar-refractivity contribution < 1.29 is 4.79 Å². The van der Waals surface area contributed by atoms with E-state index in [9.17, 15) is 4.79 Å². The third kappa shape index (κ3) is 3.75. The van der Waals surface area contributed by atoms with E-state index < -0.39 is 0 Å². The summed E-state index contributed by atoms with van der Waals surface area (Å²) in [5.74, 6) is -0.191. The quantitative estimate of drug-likeness (QED) is 0.862. The Bertz CT molecular complexity index is 589. The molecule has 1 amide bonds. The normalized spacial score (nSPS) is 10.3. The molecule has 0 saturated carbocycles. The van der Waals surface area contributed by atoms with Gasteiger partial charge in [0.25, 0.3) is 5.91 Å². The van der Waals surface area contributed by atoms with Crippen molar-refractivity contribution in [3.8, 4) is 0 Å². The fourth-order valence-corrected chi connectivity index (χ4v) is 2.14. The second kappa shape index (κ2) is 6.12. The molecule has 0 atom stereocenters. The van der Waals surface area contributed by atoms with Gasteiger partial charge in [0, 0.05) is 18.1 Å². The van der Waals surface area contributed by atoms with Crippen LogP contribution < -0.4 is 0 Å². The van der Waals surface area contributed by atoms with Crippen LogP contribution >= 0.6 is 27.5 Å². The molecule has 0 bridgehead atoms. The summed E-state index contributed by atoms with van der Waals surface area (Å²) in [6.07, 6.45) is 2.74. The molecule has 98 valence electrons. The fourth-order valence-electron chi connectivity index (χ4n) is 1.60. The van der Waals surface area contributed by atoms with Gasteiger partial charge in [-0.2, -0.15) is 0 Å². The molecule has 2 rings (SSSR count). The Morgan fingerprint density at radius 1 is 1.37 bits per heavy atom. The molecule has 0 spiro atoms. The van der Waals surface area contributed by atoms with E-state index in [4.69, 9.17) is 11.6 Å². The Morgan fingerprint density at radius 2 is 2.16 bits per heavy atom. The molecule has 0 aliphatic rings. The summed E-state index contributed by atoms with van der Waals surface area (Å²) in [7, 11) is 1.72. The molecular weight excluding hydrogens is 330 g/mol. The largest absolute Gasteiger partial charge is 0.336 e. The lowest BCUT2D eigenvalue weighted by Crippen LogP contribution is -2.27. The summed E-state index contributed by atoms with van der Waals surface area (Å²) in [5.41, 5.74) is 1.31. The topological polar surface area (TPSA) is 46.1 Å². The first-order valence-corrected chi connectivity index (χ1v) is 6.71. The zero-order valence-electron chi connectivity index (χ0n) is 10.2. The highest BCUT2D eigenvalue weighted by atomic mass is 79.9. The van der Waals surface area contributed by atoms with Gasteiger partial charge in [-0.25, -0.2) is 9.97 Å². The Morgan fingerprint density at radius 3 is 2.79 bits per heavy atom. The van der Waals surface area contributed by atoms with Gasteiger partial charge in [-0.3, -0.25) is 4.79 Å². The van der Waals surface area contributed by atoms with Crippen LogP contribution in [0.2, 0.25) is 5.15 Å². The molecule has 2 aromatic rings. The minimum Gasteiger partial charge on any atom is -0.336 e. The van der Waals surface area contributed by atoms with Crippen LogP contribution in [-0.4, -0.2) is 27.8 Å². The lowest BCUT2D eigenvalue weighted by Gasteiger charge is -2.16. The number of carbonyl (C=O) groups excluding carboxylic acids is 1. The van der Waals surface area contributed by atoms with Crippen LogP contribution in [0.25, 0.3) is 0 Å². The molecule has 4 nitrogen and oxygen atoms in total. The minimum absolute atomic E-state index is 0.191. The molecule has 0 saturated heterocycles. The van der Waals surface area contributed by atoms with Gasteiger partial charge < -0.3 is 4.90 Å². The molecule has 0 N–H and O–H groups in total. The maximum Gasteiger partial charge on any atom is 0.274 e. The first kappa shape index (κ1) is 14.0. The highest BCUT2D eigenvalue weighted by Crippen LogP contribution is 2.14. The maximum absolute atomic E-state index is 12.1. The number of carbonyl (C=O) groups is 1. The van der Waals surface area contributed by atoms with Gasteiger partial charge in [0.1, 0.15) is 10.8 Å². The third-order valence-electron chi connectivity index (χ3n) is 2.49. The van der Waals surface area contributed by atoms with Crippen molar-refractivity contribution in [2.45, 2.75) is 6.54 Å². The van der Waals surface area contributed by atoms with Gasteiger partial charge >= 0.3 is 0 Å². The molecule has 19 heavy (non-hydrogen) atoms. The summed E-state index contributed by atoms with van der Waals surface area (Å²) in [5, 5.41) is 0.270. The molecule has 1 aromatic heterocycles. The monoisotopic (exact) mass is 339 g/mol. The van der Waals surface area contributed by atoms with Gasteiger partial charge in [0.05, 0.1) is 12.4 Å². The van der Waals surface area contributed by atoms with Crippen LogP contribution in [0.3, 0.4) is 0 Å². The van der Waals surface area contributed by atoms with Crippen LogP contribution in [0.4, 0.5) is 0 Å². The number of hydrogen-bond acceptors (Lipinski definition) is 3. The molecular formula is C13H11BrClN3O. The fraction of sp³-hybridized carbons (Fsp3) is 0.154. The number of halogens is 2. The molecule has 0 unspecified atom stereocenters. The molecule has 1 heterocycles. The van der Waals surface area contributed by atoms with Crippen molar-refractivity contribution in [2.24, 2.45) is 0 Å². The number of amides is 1. The number of hydrogen-bond donors (Lipinski definition) is 0. The standard InChI is InChI=1S/C13H11BrClN3O/c1-18(8-9-3-2-4-10(14)5-9)13(19)11-6-17-12(15)7-16-11/h2-7H,8H2,1H3. The molecule has 6 heteroatoms. The zero-order chi connectivity index (χ0) is 13.8. The average molecular weight is 341 g/mol. The Hall–Kier alpha value is -1.46. The van der Waals surface area contributed by atoms with E-state index in [-0.39, 0.29) is 16.8 Å². The molecule has 0 radical (unpaired) electrons. The number of rotatable bonds is 3. The average Bonchev–Trinajstić information content (AvgIpc) is 2.39. The van der Waals surface area contributed by atoms with Crippen LogP contribution in [-0.2, 0) is 6.54 Å². The lowest BCUT2D eigenvalue weighted by molar-refractivity contribution is 0.0779. The second-order valence-corrected chi connectivity index (χ2v) is 5.32. The molecule has 0 aliphatic heterocycles. The van der Waals surface area contributed by atoms with E-state index >= 15 is 0 Å². The maximum atomic E-state index is 12.1. The van der Waals surface area contributed by atoms with E-state index in [1.807, 2.05) is 24.3 Å². The van der Waals surface area contributed by atoms with Crippen molar-refractivity contribution in [1.29, 1.82) is 0 Å². The van der Waals surface area contributed by atoms with Gasteiger partial charge in [-0.1, -0.05) is 39.7 Å². The summed E-state index contributed by atoms with van der Waals surface area (Å²) in [6.45, 7) is 0.503. The van der Waals surface area contributed by atoms with Gasteiger partial charge in [0.15, 0.2) is 0 Å². The molecule has 1 aromatic carbocycles. The number of nitrogens with zero attached hydrogens (tertiary/aromatic N) is 3. The number of aromatic nitrogens is 2. The van der Waals surface area contributed by atoms with E-state index in [0.717, 1.165) is 10.0 Å². The van der Waals surface area contributed by atoms with Gasteiger partial charge in [0.2, 0.25) is 0 Å². The van der Waals surface area contributed by atoms with E-state index in [1.165, 1.54) is 12.4 Å². The summed E-state index contributed by atoms with van der Waals surface area (Å²) in [4.78, 5) is 21.5. The van der Waals surface area contributed by atoms with Crippen molar-refractivity contribution >= 4 is 33.4 Å². The highest BCUT2D eigenvalue weighted by Gasteiger charge is 2.13. The molecule has 0 fully saturated rings. The van der Waals surface area contributed by atoms with Crippen LogP contribution in [0.1, 0.15) is 16.1 Å². The second-order valence-electron chi connectivity index (χ2n) is 4.02. The van der Waals surface area contributed by atoms with E-state index in [1.54, 1.807) is 11.9 Å². The summed E-state index contributed by atoms with van der Waals surface area (Å²) in [6, 6.07) is 7.80. The zero-order valence-corrected chi connectivity index (χ0v) is 12.5. The van der Waals surface area contributed by atoms with Crippen LogP contribution in [0.5, 0.6) is 0 Å². The SMILES string of the molecule is CN(Cc1cccc(Br)c1)C(=O)c1cnc(Cl)cn1. The Kier molecular flexibility index (Phi) is 4.50. The first-order chi connectivity index (χ1) is 9.06. The summed E-state index contributed by atoms with van der Waals surface area (Å²) < 4.78 is 0.983. The minimum atomic E-state index is -0.191. The Labute approximate surface area is 124 Å². The highest BCUT2D eigenvalue weighted by molar-refractivity contribution is 9.10. The number of benzene rings is 1. The third-order valence-corrected chi connectivity index (χ3v) is 3.18. The predicted molar refractivity (Wildman–Crippen MR) is 77.0 cm³/mol. The smallest absolute Gasteiger partial charge is 0.274 e. The lowest BCUT2D eigenvalue weighted by atomic mass is 10.2. The Balaban J connectivity index is 2.09. The van der Waals surface area contributed by atoms with Crippen molar-refractivity contribution in [1.82, 2.24) is 14.9 Å². The van der Waals surface area contributed by atoms with Gasteiger partial charge in [-0.15, -0.1) is 0 Å². The summed E-state index contributed by atoms with van der Waals surface area (Å²) >= 11 is 9.04. The van der Waals surface area contributed by atoms with E-state index in [0.29, 0.717) is 6.54 Å². The van der Waals surface area contributed by atoms with Crippen molar-refractivity contribution in [3.63, 3.8) is 0 Å². The van der Waals surface area contributed by atoms with Crippen molar-refractivity contribution in [2.75, 3.05) is 7.05 Å². The van der Waals surface area contributed by atoms with Crippen molar-refractivity contribution in [3.05, 3.63) is 57.5 Å². The first-order valence-electron chi connectivity index (χ1n) is 5.54. The van der Waals surface area contributed by atoms with Gasteiger partial charge in [-0.05, 0) is 17.7 Å². The van der Waals surface area contributed by atoms with E-state index in [2.05, 4.69) is 25.9 Å². The van der Waals surface area contributed by atoms with Crippen LogP contribution in [0.15, 0.2) is 41.1 Å². The predicted octanol–water partition coefficient (Wildman–Crippen LogP) is 3.16. The van der Waals surface area contributed by atoms with Crippen LogP contribution in [0, 0.1) is 0 Å². The molecule has 0 aliphatic carbocycles.